The highest BCUT2D eigenvalue weighted by atomic mass is 16.5. The second kappa shape index (κ2) is 6.44. The lowest BCUT2D eigenvalue weighted by Gasteiger charge is -2.34. The molecule has 0 amide bonds. The van der Waals surface area contributed by atoms with Crippen LogP contribution in [-0.4, -0.2) is 28.5 Å². The Morgan fingerprint density at radius 3 is 2.44 bits per heavy atom. The zero-order valence-corrected chi connectivity index (χ0v) is 14.5. The first-order valence-electron chi connectivity index (χ1n) is 8.56. The molecule has 4 rings (SSSR count). The lowest BCUT2D eigenvalue weighted by Crippen LogP contribution is -2.36. The summed E-state index contributed by atoms with van der Waals surface area (Å²) in [6, 6.07) is 10.5. The fourth-order valence-electron chi connectivity index (χ4n) is 3.41. The minimum Gasteiger partial charge on any atom is -0.381 e. The monoisotopic (exact) mass is 339 g/mol. The van der Waals surface area contributed by atoms with Crippen LogP contribution >= 0.6 is 0 Å². The highest BCUT2D eigenvalue weighted by Gasteiger charge is 2.40. The first kappa shape index (κ1) is 16.0. The summed E-state index contributed by atoms with van der Waals surface area (Å²) in [6.07, 6.45) is 2.17. The van der Waals surface area contributed by atoms with E-state index in [1.54, 1.807) is 0 Å². The van der Waals surface area contributed by atoms with Crippen molar-refractivity contribution in [2.24, 2.45) is 0 Å². The molecular weight excluding hydrogens is 318 g/mol. The molecule has 2 aromatic heterocycles. The van der Waals surface area contributed by atoms with Gasteiger partial charge in [0.05, 0.1) is 17.5 Å². The van der Waals surface area contributed by atoms with Crippen molar-refractivity contribution in [2.45, 2.75) is 38.5 Å². The van der Waals surface area contributed by atoms with Crippen molar-refractivity contribution in [3.8, 4) is 0 Å². The van der Waals surface area contributed by atoms with Gasteiger partial charge in [-0.3, -0.25) is 0 Å². The van der Waals surface area contributed by atoms with Crippen molar-refractivity contribution < 1.29 is 13.8 Å². The third kappa shape index (κ3) is 3.09. The normalized spacial score (nSPS) is 16.9. The molecule has 0 unspecified atom stereocenters. The van der Waals surface area contributed by atoms with Gasteiger partial charge < -0.3 is 13.8 Å². The molecule has 0 saturated carbocycles. The molecule has 1 aromatic carbocycles. The third-order valence-electron chi connectivity index (χ3n) is 4.86. The first-order valence-corrected chi connectivity index (χ1v) is 8.56. The minimum atomic E-state index is -0.257. The molecule has 130 valence electrons. The van der Waals surface area contributed by atoms with Crippen LogP contribution in [0.25, 0.3) is 0 Å². The Kier molecular flexibility index (Phi) is 4.13. The van der Waals surface area contributed by atoms with Crippen molar-refractivity contribution >= 4 is 0 Å². The Labute approximate surface area is 146 Å². The van der Waals surface area contributed by atoms with Crippen LogP contribution in [0.4, 0.5) is 0 Å². The van der Waals surface area contributed by atoms with Gasteiger partial charge in [-0.1, -0.05) is 40.1 Å². The summed E-state index contributed by atoms with van der Waals surface area (Å²) in [5.41, 5.74) is 2.99. The largest absolute Gasteiger partial charge is 0.381 e. The maximum absolute atomic E-state index is 5.59. The Morgan fingerprint density at radius 1 is 1.00 bits per heavy atom. The molecule has 25 heavy (non-hydrogen) atoms. The number of aromatic nitrogens is 3. The van der Waals surface area contributed by atoms with Gasteiger partial charge in [0.15, 0.2) is 5.82 Å². The molecule has 0 N–H and O–H groups in total. The molecule has 6 heteroatoms. The molecule has 6 nitrogen and oxygen atoms in total. The van der Waals surface area contributed by atoms with E-state index in [2.05, 4.69) is 41.5 Å². The predicted molar refractivity (Wildman–Crippen MR) is 90.4 cm³/mol. The number of rotatable bonds is 4. The molecule has 1 fully saturated rings. The molecular formula is C19H21N3O3. The fraction of sp³-hybridized carbons (Fsp3) is 0.421. The number of hydrogen-bond donors (Lipinski definition) is 0. The third-order valence-corrected chi connectivity index (χ3v) is 4.86. The van der Waals surface area contributed by atoms with Crippen molar-refractivity contribution in [3.63, 3.8) is 0 Å². The molecule has 0 atom stereocenters. The lowest BCUT2D eigenvalue weighted by atomic mass is 9.73. The van der Waals surface area contributed by atoms with Crippen LogP contribution in [0.3, 0.4) is 0 Å². The number of nitrogens with zero attached hydrogens (tertiary/aromatic N) is 3. The molecule has 0 radical (unpaired) electrons. The molecule has 0 bridgehead atoms. The molecule has 3 heterocycles. The Hall–Kier alpha value is -2.47. The van der Waals surface area contributed by atoms with Crippen LogP contribution in [0.15, 0.2) is 39.4 Å². The molecule has 1 aliphatic heterocycles. The van der Waals surface area contributed by atoms with Crippen molar-refractivity contribution in [2.75, 3.05) is 13.2 Å². The highest BCUT2D eigenvalue weighted by molar-refractivity contribution is 5.35. The van der Waals surface area contributed by atoms with Gasteiger partial charge in [0.2, 0.25) is 5.89 Å². The summed E-state index contributed by atoms with van der Waals surface area (Å²) >= 11 is 0. The molecule has 1 aliphatic rings. The van der Waals surface area contributed by atoms with Gasteiger partial charge in [-0.05, 0) is 32.3 Å². The quantitative estimate of drug-likeness (QED) is 0.725. The van der Waals surface area contributed by atoms with E-state index in [4.69, 9.17) is 18.8 Å². The number of benzene rings is 1. The van der Waals surface area contributed by atoms with Gasteiger partial charge in [0.25, 0.3) is 0 Å². The Morgan fingerprint density at radius 2 is 1.76 bits per heavy atom. The SMILES string of the molecule is Cc1ccc(C2(c3noc(Cc4cc(C)on4)n3)CCOCC2)cc1. The van der Waals surface area contributed by atoms with Crippen LogP contribution in [0.1, 0.15) is 47.1 Å². The highest BCUT2D eigenvalue weighted by Crippen LogP contribution is 2.39. The van der Waals surface area contributed by atoms with Gasteiger partial charge in [-0.2, -0.15) is 4.98 Å². The van der Waals surface area contributed by atoms with E-state index in [1.807, 2.05) is 13.0 Å². The zero-order chi connectivity index (χ0) is 17.3. The number of aryl methyl sites for hydroxylation is 2. The average Bonchev–Trinajstić information content (AvgIpc) is 3.26. The van der Waals surface area contributed by atoms with Gasteiger partial charge in [-0.15, -0.1) is 0 Å². The van der Waals surface area contributed by atoms with Crippen molar-refractivity contribution in [1.29, 1.82) is 0 Å². The van der Waals surface area contributed by atoms with Crippen LogP contribution in [0.2, 0.25) is 0 Å². The van der Waals surface area contributed by atoms with Gasteiger partial charge in [0.1, 0.15) is 5.76 Å². The lowest BCUT2D eigenvalue weighted by molar-refractivity contribution is 0.0597. The van der Waals surface area contributed by atoms with Crippen LogP contribution < -0.4 is 0 Å². The summed E-state index contributed by atoms with van der Waals surface area (Å²) in [4.78, 5) is 4.69. The number of ether oxygens (including phenoxy) is 1. The summed E-state index contributed by atoms with van der Waals surface area (Å²) in [6.45, 7) is 5.34. The van der Waals surface area contributed by atoms with E-state index < -0.39 is 0 Å². The first-order chi connectivity index (χ1) is 12.2. The second-order valence-corrected chi connectivity index (χ2v) is 6.68. The van der Waals surface area contributed by atoms with E-state index in [9.17, 15) is 0 Å². The van der Waals surface area contributed by atoms with Crippen LogP contribution in [0.5, 0.6) is 0 Å². The molecule has 0 aliphatic carbocycles. The Bertz CT molecular complexity index is 845. The van der Waals surface area contributed by atoms with Gasteiger partial charge in [0, 0.05) is 19.3 Å². The molecule has 3 aromatic rings. The van der Waals surface area contributed by atoms with Gasteiger partial charge >= 0.3 is 0 Å². The minimum absolute atomic E-state index is 0.257. The topological polar surface area (TPSA) is 74.2 Å². The maximum Gasteiger partial charge on any atom is 0.232 e. The van der Waals surface area contributed by atoms with Crippen LogP contribution in [0, 0.1) is 13.8 Å². The van der Waals surface area contributed by atoms with Gasteiger partial charge in [-0.25, -0.2) is 0 Å². The Balaban J connectivity index is 1.67. The average molecular weight is 339 g/mol. The maximum atomic E-state index is 5.59. The summed E-state index contributed by atoms with van der Waals surface area (Å²) in [5, 5.41) is 8.31. The van der Waals surface area contributed by atoms with E-state index in [0.717, 1.165) is 30.1 Å². The smallest absolute Gasteiger partial charge is 0.232 e. The van der Waals surface area contributed by atoms with E-state index in [0.29, 0.717) is 25.5 Å². The van der Waals surface area contributed by atoms with E-state index in [1.165, 1.54) is 11.1 Å². The molecule has 1 saturated heterocycles. The van der Waals surface area contributed by atoms with Crippen LogP contribution in [-0.2, 0) is 16.6 Å². The van der Waals surface area contributed by atoms with Crippen molar-refractivity contribution in [3.05, 3.63) is 64.6 Å². The summed E-state index contributed by atoms with van der Waals surface area (Å²) < 4.78 is 16.2. The standard InChI is InChI=1S/C19H21N3O3/c1-13-3-5-15(6-4-13)19(7-9-23-10-8-19)18-20-17(25-22-18)12-16-11-14(2)24-21-16/h3-6,11H,7-10,12H2,1-2H3. The summed E-state index contributed by atoms with van der Waals surface area (Å²) in [5.74, 6) is 2.06. The molecule has 0 spiro atoms. The van der Waals surface area contributed by atoms with E-state index in [-0.39, 0.29) is 5.41 Å². The summed E-state index contributed by atoms with van der Waals surface area (Å²) in [7, 11) is 0. The number of hydrogen-bond acceptors (Lipinski definition) is 6. The zero-order valence-electron chi connectivity index (χ0n) is 14.5. The predicted octanol–water partition coefficient (Wildman–Crippen LogP) is 3.36. The van der Waals surface area contributed by atoms with Crippen molar-refractivity contribution in [1.82, 2.24) is 15.3 Å². The van der Waals surface area contributed by atoms with E-state index >= 15 is 0 Å². The fourth-order valence-corrected chi connectivity index (χ4v) is 3.41. The second-order valence-electron chi connectivity index (χ2n) is 6.68.